The molecule has 0 radical (unpaired) electrons. The highest BCUT2D eigenvalue weighted by Crippen LogP contribution is 2.26. The first-order chi connectivity index (χ1) is 14.0. The molecule has 152 valence electrons. The summed E-state index contributed by atoms with van der Waals surface area (Å²) < 4.78 is 14.0. The smallest absolute Gasteiger partial charge is 0.143 e. The number of hydrogen-bond acceptors (Lipinski definition) is 7. The Labute approximate surface area is 171 Å². The summed E-state index contributed by atoms with van der Waals surface area (Å²) >= 11 is 0. The third-order valence-electron chi connectivity index (χ3n) is 5.69. The van der Waals surface area contributed by atoms with Crippen LogP contribution in [0, 0.1) is 24.1 Å². The standard InChI is InChI=1S/C21H26FN7/c1-16-24-20(28-8-6-26(2)7-9-28)14-21(25-16)29-12-10-27(11-13-29)19-5-3-4-18(22)17(19)15-23/h3-5,14H,6-13H2,1-2H3. The number of hydrogen-bond donors (Lipinski definition) is 0. The van der Waals surface area contributed by atoms with Gasteiger partial charge in [0.05, 0.1) is 5.69 Å². The Hall–Kier alpha value is -2.92. The van der Waals surface area contributed by atoms with Gasteiger partial charge in [0, 0.05) is 58.4 Å². The van der Waals surface area contributed by atoms with Crippen LogP contribution in [0.2, 0.25) is 0 Å². The predicted molar refractivity (Wildman–Crippen MR) is 112 cm³/mol. The van der Waals surface area contributed by atoms with E-state index in [4.69, 9.17) is 0 Å². The number of nitrogens with zero attached hydrogens (tertiary/aromatic N) is 7. The van der Waals surface area contributed by atoms with Crippen LogP contribution in [0.15, 0.2) is 24.3 Å². The predicted octanol–water partition coefficient (Wildman–Crippen LogP) is 1.87. The summed E-state index contributed by atoms with van der Waals surface area (Å²) in [4.78, 5) is 18.3. The van der Waals surface area contributed by atoms with Crippen molar-refractivity contribution >= 4 is 17.3 Å². The van der Waals surface area contributed by atoms with Gasteiger partial charge in [0.15, 0.2) is 0 Å². The Bertz CT molecular complexity index is 910. The molecule has 2 aliphatic rings. The van der Waals surface area contributed by atoms with E-state index in [2.05, 4.69) is 42.7 Å². The first kappa shape index (κ1) is 19.4. The van der Waals surface area contributed by atoms with Gasteiger partial charge in [-0.15, -0.1) is 0 Å². The number of benzene rings is 1. The van der Waals surface area contributed by atoms with Crippen molar-refractivity contribution in [3.63, 3.8) is 0 Å². The molecule has 0 bridgehead atoms. The number of likely N-dealkylation sites (N-methyl/N-ethyl adjacent to an activating group) is 1. The van der Waals surface area contributed by atoms with Gasteiger partial charge in [-0.1, -0.05) is 6.07 Å². The number of halogens is 1. The number of rotatable bonds is 3. The third-order valence-corrected chi connectivity index (χ3v) is 5.69. The number of nitriles is 1. The SMILES string of the molecule is Cc1nc(N2CCN(C)CC2)cc(N2CCN(c3cccc(F)c3C#N)CC2)n1. The molecule has 1 aromatic heterocycles. The quantitative estimate of drug-likeness (QED) is 0.786. The average Bonchev–Trinajstić information content (AvgIpc) is 2.74. The van der Waals surface area contributed by atoms with Crippen LogP contribution in [0.5, 0.6) is 0 Å². The molecule has 2 aliphatic heterocycles. The van der Waals surface area contributed by atoms with E-state index in [1.807, 2.05) is 19.1 Å². The van der Waals surface area contributed by atoms with Crippen molar-refractivity contribution in [3.05, 3.63) is 41.5 Å². The first-order valence-corrected chi connectivity index (χ1v) is 10.0. The Kier molecular flexibility index (Phi) is 5.49. The first-order valence-electron chi connectivity index (χ1n) is 10.0. The maximum absolute atomic E-state index is 14.0. The molecule has 0 spiro atoms. The third kappa shape index (κ3) is 4.10. The van der Waals surface area contributed by atoms with Crippen molar-refractivity contribution < 1.29 is 4.39 Å². The summed E-state index contributed by atoms with van der Waals surface area (Å²) in [7, 11) is 2.14. The van der Waals surface area contributed by atoms with Crippen LogP contribution in [-0.2, 0) is 0 Å². The van der Waals surface area contributed by atoms with E-state index >= 15 is 0 Å². The average molecular weight is 395 g/mol. The molecule has 0 saturated carbocycles. The van der Waals surface area contributed by atoms with Crippen molar-refractivity contribution in [3.8, 4) is 6.07 Å². The molecule has 4 rings (SSSR count). The zero-order valence-electron chi connectivity index (χ0n) is 17.0. The lowest BCUT2D eigenvalue weighted by molar-refractivity contribution is 0.312. The lowest BCUT2D eigenvalue weighted by Gasteiger charge is -2.38. The van der Waals surface area contributed by atoms with Gasteiger partial charge in [0.25, 0.3) is 0 Å². The lowest BCUT2D eigenvalue weighted by atomic mass is 10.1. The topological polar surface area (TPSA) is 62.5 Å². The van der Waals surface area contributed by atoms with Gasteiger partial charge in [-0.2, -0.15) is 5.26 Å². The Morgan fingerprint density at radius 2 is 1.45 bits per heavy atom. The van der Waals surface area contributed by atoms with Crippen LogP contribution in [0.1, 0.15) is 11.4 Å². The highest BCUT2D eigenvalue weighted by atomic mass is 19.1. The molecule has 0 amide bonds. The second-order valence-corrected chi connectivity index (χ2v) is 7.64. The zero-order chi connectivity index (χ0) is 20.4. The summed E-state index contributed by atoms with van der Waals surface area (Å²) in [6.07, 6.45) is 0. The van der Waals surface area contributed by atoms with Crippen molar-refractivity contribution in [2.75, 3.05) is 74.1 Å². The summed E-state index contributed by atoms with van der Waals surface area (Å²) in [6.45, 7) is 8.90. The normalized spacial score (nSPS) is 18.1. The summed E-state index contributed by atoms with van der Waals surface area (Å²) in [5, 5.41) is 9.31. The molecule has 0 atom stereocenters. The van der Waals surface area contributed by atoms with Crippen LogP contribution in [0.25, 0.3) is 0 Å². The minimum absolute atomic E-state index is 0.121. The molecule has 2 aromatic rings. The van der Waals surface area contributed by atoms with Gasteiger partial charge in [-0.05, 0) is 26.1 Å². The number of piperazine rings is 2. The van der Waals surface area contributed by atoms with Gasteiger partial charge in [-0.3, -0.25) is 0 Å². The molecule has 29 heavy (non-hydrogen) atoms. The van der Waals surface area contributed by atoms with E-state index in [1.165, 1.54) is 6.07 Å². The fourth-order valence-electron chi connectivity index (χ4n) is 3.96. The molecule has 3 heterocycles. The van der Waals surface area contributed by atoms with E-state index in [0.29, 0.717) is 18.8 Å². The maximum Gasteiger partial charge on any atom is 0.143 e. The van der Waals surface area contributed by atoms with Crippen LogP contribution < -0.4 is 14.7 Å². The lowest BCUT2D eigenvalue weighted by Crippen LogP contribution is -2.47. The van der Waals surface area contributed by atoms with Crippen molar-refractivity contribution in [1.82, 2.24) is 14.9 Å². The maximum atomic E-state index is 14.0. The van der Waals surface area contributed by atoms with Gasteiger partial charge >= 0.3 is 0 Å². The van der Waals surface area contributed by atoms with Gasteiger partial charge in [-0.25, -0.2) is 14.4 Å². The molecular formula is C21H26FN7. The second kappa shape index (κ2) is 8.21. The number of aromatic nitrogens is 2. The van der Waals surface area contributed by atoms with E-state index in [1.54, 1.807) is 6.07 Å². The van der Waals surface area contributed by atoms with Crippen LogP contribution in [-0.4, -0.2) is 74.3 Å². The van der Waals surface area contributed by atoms with E-state index in [-0.39, 0.29) is 5.56 Å². The highest BCUT2D eigenvalue weighted by Gasteiger charge is 2.23. The van der Waals surface area contributed by atoms with Crippen LogP contribution in [0.4, 0.5) is 21.7 Å². The summed E-state index contributed by atoms with van der Waals surface area (Å²) in [6, 6.07) is 8.89. The highest BCUT2D eigenvalue weighted by molar-refractivity contribution is 5.61. The van der Waals surface area contributed by atoms with Crippen molar-refractivity contribution in [2.24, 2.45) is 0 Å². The molecule has 0 unspecified atom stereocenters. The summed E-state index contributed by atoms with van der Waals surface area (Å²) in [5.41, 5.74) is 0.792. The molecule has 7 nitrogen and oxygen atoms in total. The molecule has 0 N–H and O–H groups in total. The minimum Gasteiger partial charge on any atom is -0.367 e. The molecule has 2 saturated heterocycles. The van der Waals surface area contributed by atoms with Gasteiger partial charge in [0.2, 0.25) is 0 Å². The van der Waals surface area contributed by atoms with Crippen molar-refractivity contribution in [1.29, 1.82) is 5.26 Å². The number of anilines is 3. The largest absolute Gasteiger partial charge is 0.367 e. The van der Waals surface area contributed by atoms with Gasteiger partial charge < -0.3 is 19.6 Å². The van der Waals surface area contributed by atoms with E-state index in [9.17, 15) is 9.65 Å². The molecule has 2 fully saturated rings. The van der Waals surface area contributed by atoms with Crippen molar-refractivity contribution in [2.45, 2.75) is 6.92 Å². The summed E-state index contributed by atoms with van der Waals surface area (Å²) in [5.74, 6) is 2.23. The van der Waals surface area contributed by atoms with E-state index < -0.39 is 5.82 Å². The zero-order valence-corrected chi connectivity index (χ0v) is 17.0. The Balaban J connectivity index is 1.48. The molecule has 1 aromatic carbocycles. The fraction of sp³-hybridized carbons (Fsp3) is 0.476. The second-order valence-electron chi connectivity index (χ2n) is 7.64. The minimum atomic E-state index is -0.462. The molecular weight excluding hydrogens is 369 g/mol. The van der Waals surface area contributed by atoms with Gasteiger partial charge in [0.1, 0.15) is 34.9 Å². The van der Waals surface area contributed by atoms with Crippen LogP contribution >= 0.6 is 0 Å². The number of aryl methyl sites for hydroxylation is 1. The Morgan fingerprint density at radius 1 is 0.897 bits per heavy atom. The monoisotopic (exact) mass is 395 g/mol. The van der Waals surface area contributed by atoms with Crippen LogP contribution in [0.3, 0.4) is 0 Å². The molecule has 0 aliphatic carbocycles. The fourth-order valence-corrected chi connectivity index (χ4v) is 3.96. The Morgan fingerprint density at radius 3 is 2.03 bits per heavy atom. The van der Waals surface area contributed by atoms with E-state index in [0.717, 1.165) is 56.7 Å². The molecule has 8 heteroatoms.